The Bertz CT molecular complexity index is 646. The van der Waals surface area contributed by atoms with E-state index in [9.17, 15) is 8.78 Å². The van der Waals surface area contributed by atoms with Crippen molar-refractivity contribution in [3.05, 3.63) is 53.6 Å². The van der Waals surface area contributed by atoms with Crippen molar-refractivity contribution in [1.29, 1.82) is 0 Å². The number of benzene rings is 2. The summed E-state index contributed by atoms with van der Waals surface area (Å²) in [5, 5.41) is 0. The lowest BCUT2D eigenvalue weighted by atomic mass is 10.1. The Balaban J connectivity index is 2.02. The van der Waals surface area contributed by atoms with Gasteiger partial charge >= 0.3 is 0 Å². The topological polar surface area (TPSA) is 38.5 Å². The Morgan fingerprint density at radius 2 is 1.90 bits per heavy atom. The summed E-state index contributed by atoms with van der Waals surface area (Å²) in [6, 6.07) is 9.95. The van der Waals surface area contributed by atoms with E-state index in [-0.39, 0.29) is 11.4 Å². The Hall–Kier alpha value is -2.30. The average Bonchev–Trinajstić information content (AvgIpc) is 2.65. The van der Waals surface area contributed by atoms with Gasteiger partial charge in [-0.3, -0.25) is 0 Å². The molecule has 0 radical (unpaired) electrons. The molecular weight excluding hydrogens is 262 g/mol. The second-order valence-corrected chi connectivity index (χ2v) is 4.68. The molecule has 0 atom stereocenters. The number of hydrogen-bond donors (Lipinski definition) is 1. The number of hydrogen-bond acceptors (Lipinski definition) is 3. The van der Waals surface area contributed by atoms with Crippen LogP contribution in [0.25, 0.3) is 0 Å². The van der Waals surface area contributed by atoms with E-state index < -0.39 is 11.6 Å². The van der Waals surface area contributed by atoms with Gasteiger partial charge in [0.2, 0.25) is 0 Å². The number of rotatable bonds is 1. The molecule has 2 N–H and O–H groups in total. The molecule has 0 fully saturated rings. The zero-order valence-electron chi connectivity index (χ0n) is 10.8. The van der Waals surface area contributed by atoms with Crippen LogP contribution in [0.4, 0.5) is 20.2 Å². The van der Waals surface area contributed by atoms with Crippen LogP contribution in [0, 0.1) is 11.6 Å². The van der Waals surface area contributed by atoms with Crippen LogP contribution in [0.5, 0.6) is 5.75 Å². The third-order valence-electron chi connectivity index (χ3n) is 3.37. The first-order valence-electron chi connectivity index (χ1n) is 6.36. The molecule has 0 spiro atoms. The van der Waals surface area contributed by atoms with Gasteiger partial charge in [0, 0.05) is 12.1 Å². The molecule has 0 bridgehead atoms. The van der Waals surface area contributed by atoms with Crippen LogP contribution in [-0.4, -0.2) is 13.2 Å². The molecule has 0 aromatic heterocycles. The number of ether oxygens (including phenoxy) is 1. The van der Waals surface area contributed by atoms with E-state index in [1.165, 1.54) is 6.07 Å². The number of para-hydroxylation sites is 1. The van der Waals surface area contributed by atoms with Gasteiger partial charge in [-0.25, -0.2) is 8.78 Å². The Morgan fingerprint density at radius 1 is 1.10 bits per heavy atom. The third kappa shape index (κ3) is 2.15. The van der Waals surface area contributed by atoms with Crippen LogP contribution >= 0.6 is 0 Å². The van der Waals surface area contributed by atoms with Crippen molar-refractivity contribution in [2.75, 3.05) is 23.8 Å². The predicted molar refractivity (Wildman–Crippen MR) is 73.8 cm³/mol. The van der Waals surface area contributed by atoms with E-state index in [2.05, 4.69) is 0 Å². The summed E-state index contributed by atoms with van der Waals surface area (Å²) >= 11 is 0. The molecule has 3 nitrogen and oxygen atoms in total. The maximum atomic E-state index is 14.0. The molecule has 5 heteroatoms. The molecular formula is C15H14F2N2O. The van der Waals surface area contributed by atoms with Gasteiger partial charge in [0.1, 0.15) is 12.4 Å². The summed E-state index contributed by atoms with van der Waals surface area (Å²) in [5.74, 6) is -1.04. The SMILES string of the molecule is Nc1ccc(F)c(F)c1N1CCOc2ccccc2C1. The summed E-state index contributed by atoms with van der Waals surface area (Å²) in [7, 11) is 0. The summed E-state index contributed by atoms with van der Waals surface area (Å²) in [6.45, 7) is 1.27. The second-order valence-electron chi connectivity index (χ2n) is 4.68. The van der Waals surface area contributed by atoms with Crippen molar-refractivity contribution >= 4 is 11.4 Å². The fourth-order valence-electron chi connectivity index (χ4n) is 2.39. The van der Waals surface area contributed by atoms with Crippen molar-refractivity contribution in [2.45, 2.75) is 6.54 Å². The first-order chi connectivity index (χ1) is 9.66. The number of anilines is 2. The van der Waals surface area contributed by atoms with E-state index in [4.69, 9.17) is 10.5 Å². The molecule has 3 rings (SSSR count). The number of fused-ring (bicyclic) bond motifs is 1. The highest BCUT2D eigenvalue weighted by molar-refractivity contribution is 5.69. The van der Waals surface area contributed by atoms with Crippen molar-refractivity contribution in [1.82, 2.24) is 0 Å². The molecule has 0 unspecified atom stereocenters. The zero-order valence-corrected chi connectivity index (χ0v) is 10.8. The largest absolute Gasteiger partial charge is 0.491 e. The minimum atomic E-state index is -0.913. The van der Waals surface area contributed by atoms with E-state index in [1.807, 2.05) is 24.3 Å². The van der Waals surface area contributed by atoms with Gasteiger partial charge in [-0.15, -0.1) is 0 Å². The Morgan fingerprint density at radius 3 is 2.75 bits per heavy atom. The lowest BCUT2D eigenvalue weighted by Gasteiger charge is -2.24. The average molecular weight is 276 g/mol. The standard InChI is InChI=1S/C15H14F2N2O/c16-11-5-6-12(18)15(14(11)17)19-7-8-20-13-4-2-1-3-10(13)9-19/h1-6H,7-9,18H2. The third-order valence-corrected chi connectivity index (χ3v) is 3.37. The van der Waals surface area contributed by atoms with E-state index in [0.29, 0.717) is 19.7 Å². The van der Waals surface area contributed by atoms with Crippen LogP contribution in [0.3, 0.4) is 0 Å². The first kappa shape index (κ1) is 12.7. The maximum absolute atomic E-state index is 14.0. The monoisotopic (exact) mass is 276 g/mol. The van der Waals surface area contributed by atoms with Gasteiger partial charge < -0.3 is 15.4 Å². The van der Waals surface area contributed by atoms with Gasteiger partial charge in [0.05, 0.1) is 17.9 Å². The quantitative estimate of drug-likeness (QED) is 0.814. The van der Waals surface area contributed by atoms with Gasteiger partial charge in [0.15, 0.2) is 11.6 Å². The first-order valence-corrected chi connectivity index (χ1v) is 6.36. The van der Waals surface area contributed by atoms with E-state index in [0.717, 1.165) is 17.4 Å². The lowest BCUT2D eigenvalue weighted by Crippen LogP contribution is -2.27. The van der Waals surface area contributed by atoms with Crippen molar-refractivity contribution in [3.63, 3.8) is 0 Å². The minimum Gasteiger partial charge on any atom is -0.491 e. The second kappa shape index (κ2) is 5.00. The van der Waals surface area contributed by atoms with Crippen molar-refractivity contribution < 1.29 is 13.5 Å². The van der Waals surface area contributed by atoms with Gasteiger partial charge in [-0.1, -0.05) is 18.2 Å². The fraction of sp³-hybridized carbons (Fsp3) is 0.200. The smallest absolute Gasteiger partial charge is 0.184 e. The number of nitrogens with zero attached hydrogens (tertiary/aromatic N) is 1. The van der Waals surface area contributed by atoms with Crippen molar-refractivity contribution in [2.24, 2.45) is 0 Å². The summed E-state index contributed by atoms with van der Waals surface area (Å²) in [5.41, 5.74) is 7.05. The van der Waals surface area contributed by atoms with Crippen LogP contribution < -0.4 is 15.4 Å². The molecule has 0 amide bonds. The number of nitrogens with two attached hydrogens (primary N) is 1. The van der Waals surface area contributed by atoms with Crippen molar-refractivity contribution in [3.8, 4) is 5.75 Å². The van der Waals surface area contributed by atoms with E-state index in [1.54, 1.807) is 4.90 Å². The molecule has 0 saturated heterocycles. The fourth-order valence-corrected chi connectivity index (χ4v) is 2.39. The highest BCUT2D eigenvalue weighted by Crippen LogP contribution is 2.32. The molecule has 0 saturated carbocycles. The zero-order chi connectivity index (χ0) is 14.1. The Kier molecular flexibility index (Phi) is 3.18. The minimum absolute atomic E-state index is 0.102. The van der Waals surface area contributed by atoms with Crippen LogP contribution in [-0.2, 0) is 6.54 Å². The van der Waals surface area contributed by atoms with Gasteiger partial charge in [-0.2, -0.15) is 0 Å². The van der Waals surface area contributed by atoms with Gasteiger partial charge in [-0.05, 0) is 18.2 Å². The molecule has 2 aromatic rings. The maximum Gasteiger partial charge on any atom is 0.184 e. The molecule has 1 aliphatic heterocycles. The van der Waals surface area contributed by atoms with Gasteiger partial charge in [0.25, 0.3) is 0 Å². The lowest BCUT2D eigenvalue weighted by molar-refractivity contribution is 0.331. The molecule has 0 aliphatic carbocycles. The molecule has 1 aliphatic rings. The highest BCUT2D eigenvalue weighted by atomic mass is 19.2. The predicted octanol–water partition coefficient (Wildman–Crippen LogP) is 2.95. The number of halogens is 2. The van der Waals surface area contributed by atoms with E-state index >= 15 is 0 Å². The normalized spacial score (nSPS) is 14.4. The summed E-state index contributed by atoms with van der Waals surface area (Å²) in [4.78, 5) is 1.71. The molecule has 2 aromatic carbocycles. The van der Waals surface area contributed by atoms with Crippen LogP contribution in [0.2, 0.25) is 0 Å². The molecule has 20 heavy (non-hydrogen) atoms. The van der Waals surface area contributed by atoms with Crippen LogP contribution in [0.15, 0.2) is 36.4 Å². The number of nitrogen functional groups attached to an aromatic ring is 1. The molecule has 104 valence electrons. The summed E-state index contributed by atoms with van der Waals surface area (Å²) < 4.78 is 33.1. The summed E-state index contributed by atoms with van der Waals surface area (Å²) in [6.07, 6.45) is 0. The molecule has 1 heterocycles. The Labute approximate surface area is 115 Å². The highest BCUT2D eigenvalue weighted by Gasteiger charge is 2.22. The van der Waals surface area contributed by atoms with Crippen LogP contribution in [0.1, 0.15) is 5.56 Å².